The number of hydrogen-bond acceptors (Lipinski definition) is 4. The summed E-state index contributed by atoms with van der Waals surface area (Å²) in [7, 11) is 0. The van der Waals surface area contributed by atoms with Gasteiger partial charge in [0.1, 0.15) is 0 Å². The molecule has 0 saturated carbocycles. The normalized spacial score (nSPS) is 12.8. The molecule has 31 heavy (non-hydrogen) atoms. The summed E-state index contributed by atoms with van der Waals surface area (Å²) < 4.78 is 1.78. The summed E-state index contributed by atoms with van der Waals surface area (Å²) in [6.45, 7) is 1.02. The van der Waals surface area contributed by atoms with Crippen molar-refractivity contribution in [3.05, 3.63) is 83.7 Å². The molecule has 3 amide bonds. The molecule has 0 saturated heterocycles. The van der Waals surface area contributed by atoms with Gasteiger partial charge in [-0.05, 0) is 30.5 Å². The van der Waals surface area contributed by atoms with Crippen LogP contribution in [0.25, 0.3) is 0 Å². The Balaban J connectivity index is 1.16. The Hall–Kier alpha value is -3.74. The number of nitrogens with one attached hydrogen (secondary N) is 1. The van der Waals surface area contributed by atoms with Gasteiger partial charge < -0.3 is 5.32 Å². The van der Waals surface area contributed by atoms with Crippen molar-refractivity contribution in [1.29, 1.82) is 0 Å². The summed E-state index contributed by atoms with van der Waals surface area (Å²) >= 11 is 0. The Labute approximate surface area is 180 Å². The van der Waals surface area contributed by atoms with Crippen LogP contribution in [0.1, 0.15) is 52.0 Å². The van der Waals surface area contributed by atoms with Crippen LogP contribution in [-0.2, 0) is 11.3 Å². The SMILES string of the molecule is O=C(CCCCCN1C(=O)c2ccccc2C1=O)Nc1cnn(Cc2ccccc2)c1. The third kappa shape index (κ3) is 4.88. The van der Waals surface area contributed by atoms with Crippen LogP contribution in [-0.4, -0.2) is 38.9 Å². The molecule has 0 radical (unpaired) electrons. The molecule has 0 spiro atoms. The van der Waals surface area contributed by atoms with Gasteiger partial charge in [0.05, 0.1) is 29.6 Å². The van der Waals surface area contributed by atoms with Crippen molar-refractivity contribution >= 4 is 23.4 Å². The second kappa shape index (κ2) is 9.38. The number of nitrogens with zero attached hydrogens (tertiary/aromatic N) is 3. The third-order valence-electron chi connectivity index (χ3n) is 5.27. The summed E-state index contributed by atoms with van der Waals surface area (Å²) in [4.78, 5) is 38.1. The minimum atomic E-state index is -0.231. The number of imide groups is 1. The van der Waals surface area contributed by atoms with Gasteiger partial charge in [0.2, 0.25) is 5.91 Å². The van der Waals surface area contributed by atoms with E-state index in [0.29, 0.717) is 49.2 Å². The Morgan fingerprint density at radius 1 is 0.871 bits per heavy atom. The lowest BCUT2D eigenvalue weighted by Crippen LogP contribution is -2.30. The van der Waals surface area contributed by atoms with E-state index in [9.17, 15) is 14.4 Å². The van der Waals surface area contributed by atoms with Crippen LogP contribution in [0.3, 0.4) is 0 Å². The van der Waals surface area contributed by atoms with Gasteiger partial charge in [0.15, 0.2) is 0 Å². The smallest absolute Gasteiger partial charge is 0.261 e. The summed E-state index contributed by atoms with van der Waals surface area (Å²) in [6.07, 6.45) is 5.96. The second-order valence-electron chi connectivity index (χ2n) is 7.58. The van der Waals surface area contributed by atoms with Crippen molar-refractivity contribution in [2.75, 3.05) is 11.9 Å². The zero-order valence-electron chi connectivity index (χ0n) is 17.2. The second-order valence-corrected chi connectivity index (χ2v) is 7.58. The first-order chi connectivity index (χ1) is 15.1. The van der Waals surface area contributed by atoms with Gasteiger partial charge in [-0.1, -0.05) is 48.9 Å². The zero-order valence-corrected chi connectivity index (χ0v) is 17.2. The lowest BCUT2D eigenvalue weighted by atomic mass is 10.1. The van der Waals surface area contributed by atoms with Crippen LogP contribution in [0, 0.1) is 0 Å². The van der Waals surface area contributed by atoms with Gasteiger partial charge in [0, 0.05) is 19.2 Å². The highest BCUT2D eigenvalue weighted by Gasteiger charge is 2.34. The van der Waals surface area contributed by atoms with E-state index in [1.807, 2.05) is 36.5 Å². The summed E-state index contributed by atoms with van der Waals surface area (Å²) in [5, 5.41) is 7.15. The van der Waals surface area contributed by atoms with Crippen molar-refractivity contribution in [3.8, 4) is 0 Å². The van der Waals surface area contributed by atoms with Gasteiger partial charge >= 0.3 is 0 Å². The predicted octanol–water partition coefficient (Wildman–Crippen LogP) is 3.73. The van der Waals surface area contributed by atoms with E-state index in [1.165, 1.54) is 4.90 Å². The maximum absolute atomic E-state index is 12.3. The Morgan fingerprint density at radius 3 is 2.26 bits per heavy atom. The molecule has 2 aromatic carbocycles. The minimum Gasteiger partial charge on any atom is -0.323 e. The molecule has 1 aromatic heterocycles. The number of amides is 3. The molecule has 7 nitrogen and oxygen atoms in total. The fourth-order valence-corrected chi connectivity index (χ4v) is 3.68. The van der Waals surface area contributed by atoms with Crippen molar-refractivity contribution in [2.24, 2.45) is 0 Å². The van der Waals surface area contributed by atoms with Crippen LogP contribution in [0.15, 0.2) is 67.0 Å². The van der Waals surface area contributed by atoms with E-state index in [2.05, 4.69) is 10.4 Å². The van der Waals surface area contributed by atoms with Crippen LogP contribution in [0.4, 0.5) is 5.69 Å². The first kappa shape index (κ1) is 20.5. The zero-order chi connectivity index (χ0) is 21.6. The number of hydrogen-bond donors (Lipinski definition) is 1. The van der Waals surface area contributed by atoms with E-state index in [0.717, 1.165) is 12.0 Å². The standard InChI is InChI=1S/C24H24N4O3/c29-22(26-19-15-25-27(17-19)16-18-9-3-1-4-10-18)13-5-2-8-14-28-23(30)20-11-6-7-12-21(20)24(28)31/h1,3-4,6-7,9-12,15,17H,2,5,8,13-14,16H2,(H,26,29). The van der Waals surface area contributed by atoms with Crippen LogP contribution < -0.4 is 5.32 Å². The van der Waals surface area contributed by atoms with Crippen LogP contribution in [0.5, 0.6) is 0 Å². The number of aromatic nitrogens is 2. The fourth-order valence-electron chi connectivity index (χ4n) is 3.68. The quantitative estimate of drug-likeness (QED) is 0.426. The number of carbonyl (C=O) groups is 3. The molecule has 0 aliphatic carbocycles. The predicted molar refractivity (Wildman–Crippen MR) is 117 cm³/mol. The average Bonchev–Trinajstić information content (AvgIpc) is 3.31. The number of rotatable bonds is 9. The highest BCUT2D eigenvalue weighted by atomic mass is 16.2. The summed E-state index contributed by atoms with van der Waals surface area (Å²) in [6, 6.07) is 16.9. The molecule has 0 atom stereocenters. The molecule has 1 aliphatic rings. The molecule has 2 heterocycles. The largest absolute Gasteiger partial charge is 0.323 e. The first-order valence-electron chi connectivity index (χ1n) is 10.4. The summed E-state index contributed by atoms with van der Waals surface area (Å²) in [5.41, 5.74) is 2.76. The number of benzene rings is 2. The molecule has 4 rings (SSSR count). The highest BCUT2D eigenvalue weighted by molar-refractivity contribution is 6.21. The van der Waals surface area contributed by atoms with E-state index < -0.39 is 0 Å². The number of anilines is 1. The van der Waals surface area contributed by atoms with Crippen molar-refractivity contribution in [3.63, 3.8) is 0 Å². The van der Waals surface area contributed by atoms with E-state index >= 15 is 0 Å². The Morgan fingerprint density at radius 2 is 1.55 bits per heavy atom. The van der Waals surface area contributed by atoms with E-state index in [1.54, 1.807) is 35.1 Å². The molecule has 3 aromatic rings. The topological polar surface area (TPSA) is 84.3 Å². The maximum Gasteiger partial charge on any atom is 0.261 e. The number of fused-ring (bicyclic) bond motifs is 1. The first-order valence-corrected chi connectivity index (χ1v) is 10.4. The van der Waals surface area contributed by atoms with E-state index in [4.69, 9.17) is 0 Å². The van der Waals surface area contributed by atoms with Crippen molar-refractivity contribution in [1.82, 2.24) is 14.7 Å². The molecular formula is C24H24N4O3. The highest BCUT2D eigenvalue weighted by Crippen LogP contribution is 2.22. The summed E-state index contributed by atoms with van der Waals surface area (Å²) in [5.74, 6) is -0.531. The molecule has 1 aliphatic heterocycles. The Kier molecular flexibility index (Phi) is 6.21. The number of carbonyl (C=O) groups excluding carboxylic acids is 3. The third-order valence-corrected chi connectivity index (χ3v) is 5.27. The lowest BCUT2D eigenvalue weighted by molar-refractivity contribution is -0.116. The molecule has 1 N–H and O–H groups in total. The van der Waals surface area contributed by atoms with Gasteiger partial charge in [-0.25, -0.2) is 0 Å². The molecule has 0 bridgehead atoms. The maximum atomic E-state index is 12.3. The van der Waals surface area contributed by atoms with Gasteiger partial charge in [-0.15, -0.1) is 0 Å². The van der Waals surface area contributed by atoms with Gasteiger partial charge in [0.25, 0.3) is 11.8 Å². The monoisotopic (exact) mass is 416 g/mol. The molecule has 0 fully saturated rings. The lowest BCUT2D eigenvalue weighted by Gasteiger charge is -2.13. The minimum absolute atomic E-state index is 0.0695. The molecular weight excluding hydrogens is 392 g/mol. The molecule has 158 valence electrons. The number of unbranched alkanes of at least 4 members (excludes halogenated alkanes) is 2. The van der Waals surface area contributed by atoms with Crippen LogP contribution >= 0.6 is 0 Å². The molecule has 7 heteroatoms. The van der Waals surface area contributed by atoms with Gasteiger partial charge in [-0.2, -0.15) is 5.10 Å². The van der Waals surface area contributed by atoms with Crippen molar-refractivity contribution in [2.45, 2.75) is 32.2 Å². The van der Waals surface area contributed by atoms with Gasteiger partial charge in [-0.3, -0.25) is 24.0 Å². The van der Waals surface area contributed by atoms with Crippen LogP contribution in [0.2, 0.25) is 0 Å². The molecule has 0 unspecified atom stereocenters. The van der Waals surface area contributed by atoms with Crippen molar-refractivity contribution < 1.29 is 14.4 Å². The van der Waals surface area contributed by atoms with E-state index in [-0.39, 0.29) is 17.7 Å². The average molecular weight is 416 g/mol. The Bertz CT molecular complexity index is 1060. The fraction of sp³-hybridized carbons (Fsp3) is 0.250.